The Hall–Kier alpha value is -3.21. The maximum absolute atomic E-state index is 10.9. The summed E-state index contributed by atoms with van der Waals surface area (Å²) in [6.45, 7) is -0.462. The number of aromatic nitrogens is 2. The fraction of sp³-hybridized carbons (Fsp3) is 0.0909. The van der Waals surface area contributed by atoms with E-state index < -0.39 is 39.6 Å². The lowest BCUT2D eigenvalue weighted by atomic mass is 10.3. The van der Waals surface area contributed by atoms with Gasteiger partial charge in [0.2, 0.25) is 5.69 Å². The van der Waals surface area contributed by atoms with Gasteiger partial charge >= 0.3 is 17.3 Å². The van der Waals surface area contributed by atoms with E-state index in [2.05, 4.69) is 5.10 Å². The van der Waals surface area contributed by atoms with Gasteiger partial charge in [-0.2, -0.15) is 5.10 Å². The Morgan fingerprint density at radius 1 is 1.30 bits per heavy atom. The first kappa shape index (κ1) is 16.2. The summed E-state index contributed by atoms with van der Waals surface area (Å²) in [5.74, 6) is -1.72. The third kappa shape index (κ3) is 3.52. The van der Waals surface area contributed by atoms with Crippen molar-refractivity contribution in [1.82, 2.24) is 9.78 Å². The number of carbonyl (C=O) groups is 1. The van der Waals surface area contributed by atoms with Crippen molar-refractivity contribution in [1.29, 1.82) is 0 Å². The molecule has 0 radical (unpaired) electrons. The number of nitrogens with zero attached hydrogens (tertiary/aromatic N) is 4. The zero-order chi connectivity index (χ0) is 17.1. The molecule has 11 nitrogen and oxygen atoms in total. The topological polar surface area (TPSA) is 151 Å². The van der Waals surface area contributed by atoms with Gasteiger partial charge in [0.1, 0.15) is 6.20 Å². The summed E-state index contributed by atoms with van der Waals surface area (Å²) >= 11 is 5.65. The summed E-state index contributed by atoms with van der Waals surface area (Å²) < 4.78 is 6.00. The van der Waals surface area contributed by atoms with Crippen LogP contribution in [-0.2, 0) is 6.73 Å². The molecular formula is C11H7ClN4O7. The fourth-order valence-electron chi connectivity index (χ4n) is 1.65. The first-order chi connectivity index (χ1) is 10.8. The van der Waals surface area contributed by atoms with Crippen LogP contribution in [0, 0.1) is 20.2 Å². The lowest BCUT2D eigenvalue weighted by molar-refractivity contribution is -0.386. The number of rotatable bonds is 6. The molecular weight excluding hydrogens is 336 g/mol. The maximum atomic E-state index is 10.9. The molecule has 1 N–H and O–H groups in total. The van der Waals surface area contributed by atoms with Gasteiger partial charge in [0.25, 0.3) is 0 Å². The van der Waals surface area contributed by atoms with Crippen LogP contribution >= 0.6 is 11.6 Å². The molecule has 23 heavy (non-hydrogen) atoms. The van der Waals surface area contributed by atoms with Crippen LogP contribution in [0.5, 0.6) is 5.75 Å². The van der Waals surface area contributed by atoms with Crippen molar-refractivity contribution in [3.8, 4) is 5.75 Å². The molecule has 0 saturated heterocycles. The Morgan fingerprint density at radius 2 is 1.96 bits per heavy atom. The number of nitro benzene ring substituents is 1. The van der Waals surface area contributed by atoms with Gasteiger partial charge in [-0.15, -0.1) is 0 Å². The van der Waals surface area contributed by atoms with Crippen LogP contribution in [0.3, 0.4) is 0 Å². The minimum absolute atomic E-state index is 0.131. The minimum atomic E-state index is -1.58. The number of benzene rings is 1. The van der Waals surface area contributed by atoms with E-state index in [0.717, 1.165) is 16.9 Å². The molecule has 0 atom stereocenters. The van der Waals surface area contributed by atoms with E-state index in [1.165, 1.54) is 12.1 Å². The van der Waals surface area contributed by atoms with E-state index in [1.54, 1.807) is 0 Å². The van der Waals surface area contributed by atoms with Crippen LogP contribution < -0.4 is 4.74 Å². The Bertz CT molecular complexity index is 772. The van der Waals surface area contributed by atoms with Crippen LogP contribution in [0.2, 0.25) is 5.02 Å². The summed E-state index contributed by atoms with van der Waals surface area (Å²) in [6, 6.07) is 3.68. The number of hydrogen-bond acceptors (Lipinski definition) is 7. The minimum Gasteiger partial charge on any atom is -0.476 e. The fourth-order valence-corrected chi connectivity index (χ4v) is 1.82. The van der Waals surface area contributed by atoms with Gasteiger partial charge in [0.05, 0.1) is 9.85 Å². The van der Waals surface area contributed by atoms with E-state index in [9.17, 15) is 25.0 Å². The molecule has 1 heterocycles. The second kappa shape index (κ2) is 6.27. The number of nitro groups is 2. The number of carboxylic acids is 1. The summed E-state index contributed by atoms with van der Waals surface area (Å²) in [4.78, 5) is 30.9. The van der Waals surface area contributed by atoms with Crippen LogP contribution in [0.4, 0.5) is 11.4 Å². The highest BCUT2D eigenvalue weighted by molar-refractivity contribution is 6.30. The number of ether oxygens (including phenoxy) is 1. The van der Waals surface area contributed by atoms with E-state index in [0.29, 0.717) is 0 Å². The van der Waals surface area contributed by atoms with Gasteiger partial charge in [-0.1, -0.05) is 11.6 Å². The summed E-state index contributed by atoms with van der Waals surface area (Å²) in [5, 5.41) is 34.1. The molecule has 0 aliphatic heterocycles. The van der Waals surface area contributed by atoms with Gasteiger partial charge in [-0.05, 0) is 12.1 Å². The first-order valence-electron chi connectivity index (χ1n) is 5.81. The highest BCUT2D eigenvalue weighted by Crippen LogP contribution is 2.30. The smallest absolute Gasteiger partial charge is 0.363 e. The molecule has 0 aliphatic carbocycles. The first-order valence-corrected chi connectivity index (χ1v) is 6.19. The molecule has 12 heteroatoms. The Labute approximate surface area is 132 Å². The second-order valence-corrected chi connectivity index (χ2v) is 4.54. The van der Waals surface area contributed by atoms with Crippen molar-refractivity contribution in [3.05, 3.63) is 55.3 Å². The molecule has 0 fully saturated rings. The summed E-state index contributed by atoms with van der Waals surface area (Å²) in [6.07, 6.45) is 0.852. The highest BCUT2D eigenvalue weighted by atomic mass is 35.5. The number of hydrogen-bond donors (Lipinski definition) is 1. The largest absolute Gasteiger partial charge is 0.476 e. The lowest BCUT2D eigenvalue weighted by Gasteiger charge is -2.06. The van der Waals surface area contributed by atoms with Crippen LogP contribution in [0.15, 0.2) is 24.4 Å². The molecule has 0 saturated carbocycles. The summed E-state index contributed by atoms with van der Waals surface area (Å²) in [7, 11) is 0. The van der Waals surface area contributed by atoms with Crippen molar-refractivity contribution in [2.24, 2.45) is 0 Å². The van der Waals surface area contributed by atoms with Gasteiger partial charge in [0, 0.05) is 11.1 Å². The SMILES string of the molecule is O=C(O)c1nn(COc2ccc(Cl)cc2[N+](=O)[O-])cc1[N+](=O)[O-]. The highest BCUT2D eigenvalue weighted by Gasteiger charge is 2.25. The Morgan fingerprint density at radius 3 is 2.48 bits per heavy atom. The molecule has 0 spiro atoms. The predicted molar refractivity (Wildman–Crippen MR) is 74.6 cm³/mol. The van der Waals surface area contributed by atoms with Gasteiger partial charge < -0.3 is 9.84 Å². The van der Waals surface area contributed by atoms with Gasteiger partial charge in [-0.25, -0.2) is 9.48 Å². The van der Waals surface area contributed by atoms with Crippen LogP contribution in [0.25, 0.3) is 0 Å². The predicted octanol–water partition coefficient (Wildman–Crippen LogP) is 2.09. The van der Waals surface area contributed by atoms with Gasteiger partial charge in [0.15, 0.2) is 12.5 Å². The quantitative estimate of drug-likeness (QED) is 0.618. The lowest BCUT2D eigenvalue weighted by Crippen LogP contribution is -2.08. The average Bonchev–Trinajstić information content (AvgIpc) is 2.90. The Balaban J connectivity index is 2.25. The number of halogens is 1. The van der Waals surface area contributed by atoms with E-state index in [-0.39, 0.29) is 10.8 Å². The molecule has 0 bridgehead atoms. The molecule has 120 valence electrons. The maximum Gasteiger partial charge on any atom is 0.363 e. The molecule has 1 aromatic heterocycles. The number of aromatic carboxylic acids is 1. The second-order valence-electron chi connectivity index (χ2n) is 4.11. The molecule has 2 rings (SSSR count). The third-order valence-corrected chi connectivity index (χ3v) is 2.85. The zero-order valence-corrected chi connectivity index (χ0v) is 11.8. The molecule has 0 amide bonds. The standard InChI is InChI=1S/C11H7ClN4O7/c12-6-1-2-9(7(3-6)15(19)20)23-5-14-4-8(16(21)22)10(13-14)11(17)18/h1-4H,5H2,(H,17,18). The normalized spacial score (nSPS) is 10.3. The molecule has 0 aliphatic rings. The van der Waals surface area contributed by atoms with Crippen LogP contribution in [-0.4, -0.2) is 30.7 Å². The van der Waals surface area contributed by atoms with Crippen molar-refractivity contribution >= 4 is 28.9 Å². The van der Waals surface area contributed by atoms with Crippen molar-refractivity contribution in [3.63, 3.8) is 0 Å². The average molecular weight is 343 g/mol. The molecule has 0 unspecified atom stereocenters. The van der Waals surface area contributed by atoms with Crippen molar-refractivity contribution in [2.75, 3.05) is 0 Å². The van der Waals surface area contributed by atoms with Gasteiger partial charge in [-0.3, -0.25) is 20.2 Å². The van der Waals surface area contributed by atoms with E-state index >= 15 is 0 Å². The van der Waals surface area contributed by atoms with E-state index in [4.69, 9.17) is 21.4 Å². The monoisotopic (exact) mass is 342 g/mol. The third-order valence-electron chi connectivity index (χ3n) is 2.61. The van der Waals surface area contributed by atoms with Crippen molar-refractivity contribution < 1.29 is 24.5 Å². The number of carboxylic acid groups (broad SMARTS) is 1. The van der Waals surface area contributed by atoms with Crippen molar-refractivity contribution in [2.45, 2.75) is 6.73 Å². The Kier molecular flexibility index (Phi) is 4.41. The molecule has 1 aromatic carbocycles. The molecule has 2 aromatic rings. The van der Waals surface area contributed by atoms with E-state index in [1.807, 2.05) is 0 Å². The van der Waals surface area contributed by atoms with Crippen LogP contribution in [0.1, 0.15) is 10.5 Å². The zero-order valence-electron chi connectivity index (χ0n) is 11.1. The summed E-state index contributed by atoms with van der Waals surface area (Å²) in [5.41, 5.74) is -1.88.